The highest BCUT2D eigenvalue weighted by molar-refractivity contribution is 5.90. The fourth-order valence-corrected chi connectivity index (χ4v) is 3.46. The average molecular weight is 549 g/mol. The van der Waals surface area contributed by atoms with Crippen LogP contribution in [0.25, 0.3) is 11.0 Å². The largest absolute Gasteiger partial charge is 0.478 e. The van der Waals surface area contributed by atoms with Crippen molar-refractivity contribution in [3.05, 3.63) is 48.6 Å². The highest BCUT2D eigenvalue weighted by Crippen LogP contribution is 2.23. The Hall–Kier alpha value is -4.23. The topological polar surface area (TPSA) is 183 Å². The van der Waals surface area contributed by atoms with Gasteiger partial charge in [-0.25, -0.2) is 24.2 Å². The van der Waals surface area contributed by atoms with Crippen molar-refractivity contribution in [3.8, 4) is 0 Å². The van der Waals surface area contributed by atoms with Crippen molar-refractivity contribution < 1.29 is 44.3 Å². The summed E-state index contributed by atoms with van der Waals surface area (Å²) >= 11 is 0. The number of aromatic nitrogens is 2. The molecule has 214 valence electrons. The Bertz CT molecular complexity index is 1080. The molecule has 0 amide bonds. The Balaban J connectivity index is 0.000000393. The molecule has 1 aromatic heterocycles. The Labute approximate surface area is 226 Å². The molecule has 1 fully saturated rings. The first-order valence-corrected chi connectivity index (χ1v) is 12.3. The van der Waals surface area contributed by atoms with E-state index in [2.05, 4.69) is 52.6 Å². The van der Waals surface area contributed by atoms with Gasteiger partial charge in [0.05, 0.1) is 17.6 Å². The summed E-state index contributed by atoms with van der Waals surface area (Å²) in [5.74, 6) is -3.93. The van der Waals surface area contributed by atoms with Crippen LogP contribution in [0.15, 0.2) is 48.6 Å². The third kappa shape index (κ3) is 13.8. The van der Waals surface area contributed by atoms with Crippen LogP contribution in [0, 0.1) is 0 Å². The molecule has 0 saturated carbocycles. The van der Waals surface area contributed by atoms with Crippen LogP contribution >= 0.6 is 0 Å². The SMILES string of the molecule is CCCOCCn1c(N2CCCN(C)CC2)nc2ccccc21.O=C(O)C=CC(=O)O.O=C(O)C=CC(=O)O. The summed E-state index contributed by atoms with van der Waals surface area (Å²) in [4.78, 5) is 48.0. The predicted octanol–water partition coefficient (Wildman–Crippen LogP) is 2.03. The van der Waals surface area contributed by atoms with Gasteiger partial charge in [-0.3, -0.25) is 0 Å². The van der Waals surface area contributed by atoms with Gasteiger partial charge in [0, 0.05) is 57.1 Å². The molecule has 0 atom stereocenters. The smallest absolute Gasteiger partial charge is 0.328 e. The minimum absolute atomic E-state index is 0.558. The maximum atomic E-state index is 9.55. The molecule has 0 radical (unpaired) electrons. The van der Waals surface area contributed by atoms with Crippen molar-refractivity contribution in [1.82, 2.24) is 14.5 Å². The number of carboxylic acids is 4. The number of para-hydroxylation sites is 2. The summed E-state index contributed by atoms with van der Waals surface area (Å²) in [6.45, 7) is 8.95. The predicted molar refractivity (Wildman–Crippen MR) is 144 cm³/mol. The van der Waals surface area contributed by atoms with Crippen LogP contribution in [-0.2, 0) is 30.5 Å². The molecule has 39 heavy (non-hydrogen) atoms. The fourth-order valence-electron chi connectivity index (χ4n) is 3.46. The molecule has 13 nitrogen and oxygen atoms in total. The minimum Gasteiger partial charge on any atom is -0.478 e. The van der Waals surface area contributed by atoms with Gasteiger partial charge >= 0.3 is 23.9 Å². The molecule has 1 aliphatic rings. The second kappa shape index (κ2) is 18.1. The second-order valence-electron chi connectivity index (χ2n) is 8.33. The molecule has 1 aliphatic heterocycles. The first-order chi connectivity index (χ1) is 18.5. The number of benzene rings is 1. The molecule has 0 unspecified atom stereocenters. The molecule has 2 heterocycles. The summed E-state index contributed by atoms with van der Waals surface area (Å²) in [6, 6.07) is 8.42. The van der Waals surface area contributed by atoms with Crippen LogP contribution in [0.3, 0.4) is 0 Å². The zero-order chi connectivity index (χ0) is 29.2. The maximum absolute atomic E-state index is 9.55. The van der Waals surface area contributed by atoms with Gasteiger partial charge in [-0.1, -0.05) is 19.1 Å². The summed E-state index contributed by atoms with van der Waals surface area (Å²) < 4.78 is 8.04. The monoisotopic (exact) mass is 548 g/mol. The lowest BCUT2D eigenvalue weighted by molar-refractivity contribution is -0.134. The van der Waals surface area contributed by atoms with Crippen LogP contribution in [-0.4, -0.2) is 105 Å². The van der Waals surface area contributed by atoms with E-state index in [1.165, 1.54) is 11.9 Å². The van der Waals surface area contributed by atoms with E-state index in [1.54, 1.807) is 0 Å². The standard InChI is InChI=1S/C18H28N4O.2C4H4O4/c1-3-14-23-15-13-22-17-8-5-4-7-16(17)19-18(22)21-10-6-9-20(2)11-12-21;2*5-3(6)1-2-4(7)8/h4-5,7-8H,3,6,9-15H2,1-2H3;2*1-2H,(H,5,6)(H,7,8). The van der Waals surface area contributed by atoms with Crippen molar-refractivity contribution in [1.29, 1.82) is 0 Å². The van der Waals surface area contributed by atoms with Gasteiger partial charge in [-0.2, -0.15) is 0 Å². The van der Waals surface area contributed by atoms with Crippen molar-refractivity contribution >= 4 is 40.9 Å². The van der Waals surface area contributed by atoms with E-state index in [0.29, 0.717) is 24.3 Å². The van der Waals surface area contributed by atoms with E-state index in [1.807, 2.05) is 0 Å². The lowest BCUT2D eigenvalue weighted by Gasteiger charge is -2.23. The van der Waals surface area contributed by atoms with Crippen molar-refractivity contribution in [2.45, 2.75) is 26.3 Å². The van der Waals surface area contributed by atoms with Gasteiger partial charge in [0.1, 0.15) is 0 Å². The van der Waals surface area contributed by atoms with E-state index in [4.69, 9.17) is 30.1 Å². The van der Waals surface area contributed by atoms with Gasteiger partial charge in [-0.15, -0.1) is 0 Å². The number of anilines is 1. The molecule has 2 aromatic rings. The molecule has 4 N–H and O–H groups in total. The summed E-state index contributed by atoms with van der Waals surface area (Å²) in [7, 11) is 2.20. The number of fused-ring (bicyclic) bond motifs is 1. The van der Waals surface area contributed by atoms with Crippen LogP contribution in [0.4, 0.5) is 5.95 Å². The zero-order valence-electron chi connectivity index (χ0n) is 22.1. The lowest BCUT2D eigenvalue weighted by atomic mass is 10.3. The number of ether oxygens (including phenoxy) is 1. The van der Waals surface area contributed by atoms with Crippen molar-refractivity contribution in [2.24, 2.45) is 0 Å². The summed E-state index contributed by atoms with van der Waals surface area (Å²) in [5.41, 5.74) is 2.29. The van der Waals surface area contributed by atoms with Gasteiger partial charge in [-0.05, 0) is 38.6 Å². The first-order valence-electron chi connectivity index (χ1n) is 12.3. The number of rotatable bonds is 10. The van der Waals surface area contributed by atoms with Gasteiger partial charge in [0.2, 0.25) is 5.95 Å². The Morgan fingerprint density at radius 3 is 1.95 bits per heavy atom. The van der Waals surface area contributed by atoms with Gasteiger partial charge in [0.25, 0.3) is 0 Å². The number of likely N-dealkylation sites (N-methyl/N-ethyl adjacent to an activating group) is 1. The highest BCUT2D eigenvalue weighted by Gasteiger charge is 2.19. The van der Waals surface area contributed by atoms with E-state index < -0.39 is 23.9 Å². The quantitative estimate of drug-likeness (QED) is 0.251. The number of carbonyl (C=O) groups is 4. The maximum Gasteiger partial charge on any atom is 0.328 e. The highest BCUT2D eigenvalue weighted by atomic mass is 16.5. The second-order valence-corrected chi connectivity index (χ2v) is 8.33. The third-order valence-electron chi connectivity index (χ3n) is 5.18. The Kier molecular flexibility index (Phi) is 15.2. The van der Waals surface area contributed by atoms with E-state index in [0.717, 1.165) is 63.8 Å². The summed E-state index contributed by atoms with van der Waals surface area (Å²) in [5, 5.41) is 31.2. The number of imidazole rings is 1. The number of nitrogens with zero attached hydrogens (tertiary/aromatic N) is 4. The van der Waals surface area contributed by atoms with Crippen LogP contribution in [0.2, 0.25) is 0 Å². The number of carboxylic acid groups (broad SMARTS) is 4. The Morgan fingerprint density at radius 1 is 0.846 bits per heavy atom. The van der Waals surface area contributed by atoms with E-state index in [-0.39, 0.29) is 0 Å². The fraction of sp³-hybridized carbons (Fsp3) is 0.423. The number of hydrogen-bond donors (Lipinski definition) is 4. The molecule has 3 rings (SSSR count). The van der Waals surface area contributed by atoms with Gasteiger partial charge in [0.15, 0.2) is 0 Å². The molecule has 13 heteroatoms. The lowest BCUT2D eigenvalue weighted by Crippen LogP contribution is -2.31. The molecule has 0 aliphatic carbocycles. The minimum atomic E-state index is -1.26. The van der Waals surface area contributed by atoms with E-state index >= 15 is 0 Å². The molecule has 0 bridgehead atoms. The molecular weight excluding hydrogens is 512 g/mol. The zero-order valence-corrected chi connectivity index (χ0v) is 22.1. The first kappa shape index (κ1) is 32.8. The number of hydrogen-bond acceptors (Lipinski definition) is 8. The molecule has 1 saturated heterocycles. The normalized spacial score (nSPS) is 13.8. The van der Waals surface area contributed by atoms with Crippen LogP contribution in [0.5, 0.6) is 0 Å². The average Bonchev–Trinajstić information content (AvgIpc) is 3.11. The van der Waals surface area contributed by atoms with Crippen molar-refractivity contribution in [2.75, 3.05) is 51.3 Å². The molecular formula is C26H36N4O9. The van der Waals surface area contributed by atoms with Gasteiger partial charge < -0.3 is 39.5 Å². The van der Waals surface area contributed by atoms with Crippen LogP contribution in [0.1, 0.15) is 19.8 Å². The summed E-state index contributed by atoms with van der Waals surface area (Å²) in [6.07, 6.45) is 4.48. The van der Waals surface area contributed by atoms with Crippen LogP contribution < -0.4 is 4.90 Å². The Morgan fingerprint density at radius 2 is 1.41 bits per heavy atom. The molecule has 0 spiro atoms. The number of aliphatic carboxylic acids is 4. The third-order valence-corrected chi connectivity index (χ3v) is 5.18. The van der Waals surface area contributed by atoms with Crippen molar-refractivity contribution in [3.63, 3.8) is 0 Å². The molecule has 1 aromatic carbocycles. The van der Waals surface area contributed by atoms with E-state index in [9.17, 15) is 19.2 Å².